The van der Waals surface area contributed by atoms with Gasteiger partial charge >= 0.3 is 0 Å². The van der Waals surface area contributed by atoms with Crippen LogP contribution in [-0.4, -0.2) is 5.78 Å². The van der Waals surface area contributed by atoms with Crippen LogP contribution in [0.3, 0.4) is 0 Å². The second-order valence-corrected chi connectivity index (χ2v) is 9.99. The number of carbonyl (C=O) groups is 1. The fourth-order valence-corrected chi connectivity index (χ4v) is 5.69. The normalized spacial score (nSPS) is 19.1. The lowest BCUT2D eigenvalue weighted by Crippen LogP contribution is -2.20. The molecule has 0 heterocycles. The predicted molar refractivity (Wildman–Crippen MR) is 129 cm³/mol. The van der Waals surface area contributed by atoms with E-state index in [1.54, 1.807) is 0 Å². The third-order valence-electron chi connectivity index (χ3n) is 8.88. The molecule has 0 bridgehead atoms. The standard InChI is InChI=1S/C29H40O/c1-15-17(3)21(7)27(22(8)18(15)4)13-25-11-12-26(29(25)30)14-28-23(9)19(5)16(2)20(6)24(28)10/h25-26H,11-14H2,1-10H3. The van der Waals surface area contributed by atoms with E-state index < -0.39 is 0 Å². The van der Waals surface area contributed by atoms with Crippen LogP contribution >= 0.6 is 0 Å². The molecule has 1 aliphatic carbocycles. The highest BCUT2D eigenvalue weighted by Crippen LogP contribution is 2.37. The molecule has 2 unspecified atom stereocenters. The molecule has 1 nitrogen and oxygen atoms in total. The first-order valence-electron chi connectivity index (χ1n) is 11.6. The fourth-order valence-electron chi connectivity index (χ4n) is 5.69. The van der Waals surface area contributed by atoms with Gasteiger partial charge in [0.15, 0.2) is 0 Å². The Morgan fingerprint density at radius 3 is 0.967 bits per heavy atom. The number of hydrogen-bond donors (Lipinski definition) is 0. The summed E-state index contributed by atoms with van der Waals surface area (Å²) in [5.41, 5.74) is 16.8. The number of ketones is 1. The van der Waals surface area contributed by atoms with E-state index in [1.807, 2.05) is 0 Å². The van der Waals surface area contributed by atoms with Crippen LogP contribution in [0, 0.1) is 81.1 Å². The lowest BCUT2D eigenvalue weighted by Gasteiger charge is -2.22. The molecule has 30 heavy (non-hydrogen) atoms. The summed E-state index contributed by atoms with van der Waals surface area (Å²) >= 11 is 0. The Morgan fingerprint density at radius 1 is 0.467 bits per heavy atom. The van der Waals surface area contributed by atoms with Gasteiger partial charge in [0.2, 0.25) is 0 Å². The number of benzene rings is 2. The first-order chi connectivity index (χ1) is 14.0. The molecule has 0 radical (unpaired) electrons. The molecule has 1 fully saturated rings. The van der Waals surface area contributed by atoms with E-state index in [2.05, 4.69) is 69.2 Å². The van der Waals surface area contributed by atoms with Crippen molar-refractivity contribution >= 4 is 5.78 Å². The summed E-state index contributed by atoms with van der Waals surface area (Å²) in [7, 11) is 0. The average Bonchev–Trinajstić information content (AvgIpc) is 3.07. The van der Waals surface area contributed by atoms with E-state index in [1.165, 1.54) is 66.8 Å². The third kappa shape index (κ3) is 3.66. The summed E-state index contributed by atoms with van der Waals surface area (Å²) < 4.78 is 0. The van der Waals surface area contributed by atoms with Gasteiger partial charge in [-0.2, -0.15) is 0 Å². The second-order valence-electron chi connectivity index (χ2n) is 9.99. The minimum atomic E-state index is 0.183. The van der Waals surface area contributed by atoms with Gasteiger partial charge in [-0.05, 0) is 162 Å². The number of carbonyl (C=O) groups excluding carboxylic acids is 1. The highest BCUT2D eigenvalue weighted by atomic mass is 16.1. The van der Waals surface area contributed by atoms with Crippen molar-refractivity contribution < 1.29 is 4.79 Å². The monoisotopic (exact) mass is 404 g/mol. The van der Waals surface area contributed by atoms with Crippen LogP contribution in [-0.2, 0) is 17.6 Å². The molecule has 3 rings (SSSR count). The molecule has 1 heteroatoms. The van der Waals surface area contributed by atoms with Crippen molar-refractivity contribution in [1.29, 1.82) is 0 Å². The quantitative estimate of drug-likeness (QED) is 0.529. The predicted octanol–water partition coefficient (Wildman–Crippen LogP) is 7.15. The van der Waals surface area contributed by atoms with Crippen molar-refractivity contribution in [1.82, 2.24) is 0 Å². The summed E-state index contributed by atoms with van der Waals surface area (Å²) in [5.74, 6) is 0.865. The van der Waals surface area contributed by atoms with Crippen LogP contribution in [0.15, 0.2) is 0 Å². The van der Waals surface area contributed by atoms with Crippen LogP contribution in [0.2, 0.25) is 0 Å². The average molecular weight is 405 g/mol. The van der Waals surface area contributed by atoms with Crippen LogP contribution in [0.4, 0.5) is 0 Å². The topological polar surface area (TPSA) is 17.1 Å². The minimum absolute atomic E-state index is 0.183. The van der Waals surface area contributed by atoms with E-state index in [0.717, 1.165) is 25.7 Å². The maximum Gasteiger partial charge on any atom is 0.139 e. The summed E-state index contributed by atoms with van der Waals surface area (Å²) in [5, 5.41) is 0. The van der Waals surface area contributed by atoms with Gasteiger partial charge in [-0.25, -0.2) is 0 Å². The minimum Gasteiger partial charge on any atom is -0.299 e. The lowest BCUT2D eigenvalue weighted by molar-refractivity contribution is -0.123. The molecule has 0 aliphatic heterocycles. The molecule has 0 saturated heterocycles. The van der Waals surface area contributed by atoms with Gasteiger partial charge in [-0.3, -0.25) is 4.79 Å². The van der Waals surface area contributed by atoms with Crippen LogP contribution in [0.1, 0.15) is 79.6 Å². The van der Waals surface area contributed by atoms with Crippen molar-refractivity contribution in [3.8, 4) is 0 Å². The molecular formula is C29H40O. The van der Waals surface area contributed by atoms with E-state index in [0.29, 0.717) is 5.78 Å². The van der Waals surface area contributed by atoms with Gasteiger partial charge in [-0.1, -0.05) is 0 Å². The van der Waals surface area contributed by atoms with Crippen molar-refractivity contribution in [2.45, 2.75) is 94.9 Å². The second kappa shape index (κ2) is 8.33. The number of rotatable bonds is 4. The zero-order valence-electron chi connectivity index (χ0n) is 20.9. The first kappa shape index (κ1) is 22.8. The fraction of sp³-hybridized carbons (Fsp3) is 0.552. The molecule has 0 spiro atoms. The molecule has 162 valence electrons. The zero-order valence-corrected chi connectivity index (χ0v) is 20.9. The Labute approximate surface area is 184 Å². The molecular weight excluding hydrogens is 364 g/mol. The third-order valence-corrected chi connectivity index (χ3v) is 8.88. The summed E-state index contributed by atoms with van der Waals surface area (Å²) in [4.78, 5) is 13.4. The Bertz CT molecular complexity index is 882. The van der Waals surface area contributed by atoms with Crippen molar-refractivity contribution in [2.24, 2.45) is 11.8 Å². The van der Waals surface area contributed by atoms with Gasteiger partial charge < -0.3 is 0 Å². The van der Waals surface area contributed by atoms with Gasteiger partial charge in [0.05, 0.1) is 0 Å². The van der Waals surface area contributed by atoms with Crippen molar-refractivity contribution in [3.05, 3.63) is 66.8 Å². The summed E-state index contributed by atoms with van der Waals surface area (Å²) in [6, 6.07) is 0. The van der Waals surface area contributed by atoms with E-state index >= 15 is 0 Å². The van der Waals surface area contributed by atoms with Gasteiger partial charge in [-0.15, -0.1) is 0 Å². The molecule has 2 atom stereocenters. The molecule has 1 aliphatic rings. The molecule has 2 aromatic carbocycles. The van der Waals surface area contributed by atoms with Crippen LogP contribution in [0.25, 0.3) is 0 Å². The van der Waals surface area contributed by atoms with Crippen LogP contribution < -0.4 is 0 Å². The van der Waals surface area contributed by atoms with E-state index in [9.17, 15) is 4.79 Å². The lowest BCUT2D eigenvalue weighted by atomic mass is 9.82. The Morgan fingerprint density at radius 2 is 0.700 bits per heavy atom. The zero-order chi connectivity index (χ0) is 22.5. The summed E-state index contributed by atoms with van der Waals surface area (Å²) in [6.45, 7) is 22.3. The van der Waals surface area contributed by atoms with Gasteiger partial charge in [0.25, 0.3) is 0 Å². The molecule has 2 aromatic rings. The van der Waals surface area contributed by atoms with Gasteiger partial charge in [0, 0.05) is 11.8 Å². The highest BCUT2D eigenvalue weighted by molar-refractivity contribution is 5.86. The molecule has 0 aromatic heterocycles. The Balaban J connectivity index is 1.86. The van der Waals surface area contributed by atoms with E-state index in [-0.39, 0.29) is 11.8 Å². The first-order valence-corrected chi connectivity index (χ1v) is 11.6. The maximum atomic E-state index is 13.4. The number of Topliss-reactive ketones (excluding diaryl/α,β-unsaturated/α-hetero) is 1. The largest absolute Gasteiger partial charge is 0.299 e. The number of hydrogen-bond acceptors (Lipinski definition) is 1. The van der Waals surface area contributed by atoms with E-state index in [4.69, 9.17) is 0 Å². The Kier molecular flexibility index (Phi) is 6.33. The van der Waals surface area contributed by atoms with Gasteiger partial charge in [0.1, 0.15) is 5.78 Å². The van der Waals surface area contributed by atoms with Crippen molar-refractivity contribution in [3.63, 3.8) is 0 Å². The summed E-state index contributed by atoms with van der Waals surface area (Å²) in [6.07, 6.45) is 3.91. The van der Waals surface area contributed by atoms with Crippen LogP contribution in [0.5, 0.6) is 0 Å². The Hall–Kier alpha value is -1.89. The molecule has 0 amide bonds. The molecule has 0 N–H and O–H groups in total. The highest BCUT2D eigenvalue weighted by Gasteiger charge is 2.35. The molecule has 1 saturated carbocycles. The maximum absolute atomic E-state index is 13.4. The SMILES string of the molecule is Cc1c(C)c(C)c(CC2CCC(Cc3c(C)c(C)c(C)c(C)c3C)C2=O)c(C)c1C. The van der Waals surface area contributed by atoms with Crippen molar-refractivity contribution in [2.75, 3.05) is 0 Å². The smallest absolute Gasteiger partial charge is 0.139 e.